The lowest BCUT2D eigenvalue weighted by molar-refractivity contribution is 0.206. The zero-order valence-corrected chi connectivity index (χ0v) is 14.3. The fraction of sp³-hybridized carbons (Fsp3) is 0.625. The topological polar surface area (TPSA) is 55.8 Å². The van der Waals surface area contributed by atoms with Crippen molar-refractivity contribution in [2.45, 2.75) is 32.9 Å². The van der Waals surface area contributed by atoms with E-state index in [1.807, 2.05) is 18.2 Å². The highest BCUT2D eigenvalue weighted by Crippen LogP contribution is 2.20. The van der Waals surface area contributed by atoms with Crippen molar-refractivity contribution in [3.63, 3.8) is 0 Å². The third kappa shape index (κ3) is 5.94. The maximum atomic E-state index is 11.2. The van der Waals surface area contributed by atoms with Gasteiger partial charge in [-0.05, 0) is 30.0 Å². The van der Waals surface area contributed by atoms with Crippen LogP contribution in [-0.4, -0.2) is 45.4 Å². The Morgan fingerprint density at radius 1 is 1.36 bits per heavy atom. The first-order valence-corrected chi connectivity index (χ1v) is 9.46. The highest BCUT2D eigenvalue weighted by atomic mass is 32.2. The van der Waals surface area contributed by atoms with E-state index in [4.69, 9.17) is 8.92 Å². The van der Waals surface area contributed by atoms with Crippen molar-refractivity contribution in [1.29, 1.82) is 0 Å². The van der Waals surface area contributed by atoms with Crippen LogP contribution < -0.4 is 4.74 Å². The Balaban J connectivity index is 1.88. The Morgan fingerprint density at radius 3 is 2.82 bits per heavy atom. The van der Waals surface area contributed by atoms with E-state index in [-0.39, 0.29) is 6.10 Å². The van der Waals surface area contributed by atoms with Crippen LogP contribution in [-0.2, 0) is 20.8 Å². The van der Waals surface area contributed by atoms with Crippen LogP contribution in [0, 0.1) is 5.92 Å². The van der Waals surface area contributed by atoms with E-state index >= 15 is 0 Å². The Bertz CT molecular complexity index is 586. The number of ether oxygens (including phenoxy) is 1. The Labute approximate surface area is 133 Å². The molecule has 124 valence electrons. The van der Waals surface area contributed by atoms with Gasteiger partial charge in [0.25, 0.3) is 10.1 Å². The fourth-order valence-corrected chi connectivity index (χ4v) is 3.17. The molecule has 0 unspecified atom stereocenters. The summed E-state index contributed by atoms with van der Waals surface area (Å²) in [7, 11) is -3.37. The molecule has 0 amide bonds. The second-order valence-electron chi connectivity index (χ2n) is 6.30. The first kappa shape index (κ1) is 17.2. The summed E-state index contributed by atoms with van der Waals surface area (Å²) in [6.45, 7) is 7.22. The van der Waals surface area contributed by atoms with Gasteiger partial charge in [0.1, 0.15) is 5.75 Å². The van der Waals surface area contributed by atoms with E-state index in [1.165, 1.54) is 5.56 Å². The summed E-state index contributed by atoms with van der Waals surface area (Å²) in [5, 5.41) is 0. The minimum atomic E-state index is -3.37. The van der Waals surface area contributed by atoms with Crippen LogP contribution in [0.4, 0.5) is 0 Å². The predicted molar refractivity (Wildman–Crippen MR) is 86.4 cm³/mol. The lowest BCUT2D eigenvalue weighted by Gasteiger charge is -2.16. The molecule has 2 rings (SSSR count). The number of benzene rings is 1. The van der Waals surface area contributed by atoms with Gasteiger partial charge in [0, 0.05) is 19.6 Å². The Kier molecular flexibility index (Phi) is 5.83. The molecule has 0 spiro atoms. The number of likely N-dealkylation sites (tertiary alicyclic amines) is 1. The molecular weight excluding hydrogens is 302 g/mol. The molecule has 0 aliphatic carbocycles. The van der Waals surface area contributed by atoms with Crippen molar-refractivity contribution in [3.8, 4) is 5.75 Å². The SMILES string of the molecule is CC(C)COc1cccc(CN2CC[C@H](OS(C)(=O)=O)C2)c1. The Hall–Kier alpha value is -1.11. The van der Waals surface area contributed by atoms with Crippen LogP contribution in [0.3, 0.4) is 0 Å². The van der Waals surface area contributed by atoms with E-state index in [9.17, 15) is 8.42 Å². The van der Waals surface area contributed by atoms with Crippen LogP contribution >= 0.6 is 0 Å². The van der Waals surface area contributed by atoms with E-state index in [2.05, 4.69) is 24.8 Å². The molecule has 0 radical (unpaired) electrons. The summed E-state index contributed by atoms with van der Waals surface area (Å²) >= 11 is 0. The van der Waals surface area contributed by atoms with Crippen molar-refractivity contribution < 1.29 is 17.3 Å². The van der Waals surface area contributed by atoms with Gasteiger partial charge >= 0.3 is 0 Å². The first-order valence-electron chi connectivity index (χ1n) is 7.64. The lowest BCUT2D eigenvalue weighted by atomic mass is 10.2. The van der Waals surface area contributed by atoms with Crippen LogP contribution in [0.1, 0.15) is 25.8 Å². The van der Waals surface area contributed by atoms with Gasteiger partial charge in [-0.15, -0.1) is 0 Å². The van der Waals surface area contributed by atoms with E-state index in [1.54, 1.807) is 0 Å². The van der Waals surface area contributed by atoms with E-state index in [0.717, 1.165) is 31.5 Å². The van der Waals surface area contributed by atoms with Gasteiger partial charge < -0.3 is 4.74 Å². The molecule has 1 fully saturated rings. The number of nitrogens with zero attached hydrogens (tertiary/aromatic N) is 1. The van der Waals surface area contributed by atoms with Crippen molar-refractivity contribution in [3.05, 3.63) is 29.8 Å². The minimum absolute atomic E-state index is 0.227. The molecular formula is C16H25NO4S. The number of hydrogen-bond donors (Lipinski definition) is 0. The molecule has 1 aromatic rings. The van der Waals surface area contributed by atoms with Crippen LogP contribution in [0.15, 0.2) is 24.3 Å². The smallest absolute Gasteiger partial charge is 0.264 e. The van der Waals surface area contributed by atoms with E-state index in [0.29, 0.717) is 19.1 Å². The predicted octanol–water partition coefficient (Wildman–Crippen LogP) is 2.27. The summed E-state index contributed by atoms with van der Waals surface area (Å²) in [6, 6.07) is 8.07. The molecule has 5 nitrogen and oxygen atoms in total. The molecule has 0 aromatic heterocycles. The summed E-state index contributed by atoms with van der Waals surface area (Å²) < 4.78 is 33.1. The maximum Gasteiger partial charge on any atom is 0.264 e. The third-order valence-electron chi connectivity index (χ3n) is 3.43. The molecule has 22 heavy (non-hydrogen) atoms. The summed E-state index contributed by atoms with van der Waals surface area (Å²) in [4.78, 5) is 2.21. The molecule has 1 aliphatic heterocycles. The van der Waals surface area contributed by atoms with Gasteiger partial charge in [0.15, 0.2) is 0 Å². The monoisotopic (exact) mass is 327 g/mol. The molecule has 0 saturated carbocycles. The van der Waals surface area contributed by atoms with E-state index < -0.39 is 10.1 Å². The molecule has 1 atom stereocenters. The highest BCUT2D eigenvalue weighted by molar-refractivity contribution is 7.86. The van der Waals surface area contributed by atoms with Crippen LogP contribution in [0.2, 0.25) is 0 Å². The first-order chi connectivity index (χ1) is 10.3. The second kappa shape index (κ2) is 7.44. The van der Waals surface area contributed by atoms with Crippen molar-refractivity contribution >= 4 is 10.1 Å². The van der Waals surface area contributed by atoms with Crippen LogP contribution in [0.25, 0.3) is 0 Å². The van der Waals surface area contributed by atoms with Gasteiger partial charge in [-0.2, -0.15) is 8.42 Å². The molecule has 1 saturated heterocycles. The van der Waals surface area contributed by atoms with Crippen molar-refractivity contribution in [2.75, 3.05) is 26.0 Å². The van der Waals surface area contributed by atoms with Gasteiger partial charge in [0.2, 0.25) is 0 Å². The molecule has 1 aromatic carbocycles. The normalized spacial score (nSPS) is 19.7. The fourth-order valence-electron chi connectivity index (χ4n) is 2.52. The molecule has 0 bridgehead atoms. The van der Waals surface area contributed by atoms with Gasteiger partial charge in [-0.1, -0.05) is 26.0 Å². The van der Waals surface area contributed by atoms with Crippen molar-refractivity contribution in [2.24, 2.45) is 5.92 Å². The molecule has 1 aliphatic rings. The standard InChI is InChI=1S/C16H25NO4S/c1-13(2)12-20-15-6-4-5-14(9-15)10-17-8-7-16(11-17)21-22(3,18)19/h4-6,9,13,16H,7-8,10-12H2,1-3H3/t16-/m0/s1. The largest absolute Gasteiger partial charge is 0.493 e. The lowest BCUT2D eigenvalue weighted by Crippen LogP contribution is -2.24. The second-order valence-corrected chi connectivity index (χ2v) is 7.90. The quantitative estimate of drug-likeness (QED) is 0.719. The zero-order valence-electron chi connectivity index (χ0n) is 13.5. The minimum Gasteiger partial charge on any atom is -0.493 e. The summed E-state index contributed by atoms with van der Waals surface area (Å²) in [6.07, 6.45) is 1.62. The van der Waals surface area contributed by atoms with Gasteiger partial charge in [-0.25, -0.2) is 0 Å². The summed E-state index contributed by atoms with van der Waals surface area (Å²) in [5.41, 5.74) is 1.17. The average molecular weight is 327 g/mol. The molecule has 6 heteroatoms. The average Bonchev–Trinajstić information content (AvgIpc) is 2.81. The molecule has 1 heterocycles. The molecule has 0 N–H and O–H groups in total. The van der Waals surface area contributed by atoms with Crippen molar-refractivity contribution in [1.82, 2.24) is 4.90 Å². The summed E-state index contributed by atoms with van der Waals surface area (Å²) in [5.74, 6) is 1.38. The highest BCUT2D eigenvalue weighted by Gasteiger charge is 2.26. The maximum absolute atomic E-state index is 11.2. The third-order valence-corrected chi connectivity index (χ3v) is 4.05. The van der Waals surface area contributed by atoms with Gasteiger partial charge in [-0.3, -0.25) is 9.08 Å². The zero-order chi connectivity index (χ0) is 16.2. The van der Waals surface area contributed by atoms with Gasteiger partial charge in [0.05, 0.1) is 19.0 Å². The Morgan fingerprint density at radius 2 is 2.14 bits per heavy atom. The number of hydrogen-bond acceptors (Lipinski definition) is 5. The number of rotatable bonds is 7. The van der Waals surface area contributed by atoms with Crippen LogP contribution in [0.5, 0.6) is 5.75 Å².